The molecule has 13 aromatic rings. The average Bonchev–Trinajstić information content (AvgIpc) is 4.04. The molecule has 334 valence electrons. The van der Waals surface area contributed by atoms with Crippen LogP contribution in [0.25, 0.3) is 123 Å². The molecule has 3 aromatic heterocycles. The second kappa shape index (κ2) is 15.9. The summed E-state index contributed by atoms with van der Waals surface area (Å²) < 4.78 is 4.85. The Kier molecular flexibility index (Phi) is 9.17. The zero-order valence-corrected chi connectivity index (χ0v) is 39.3. The van der Waals surface area contributed by atoms with Gasteiger partial charge in [-0.1, -0.05) is 226 Å². The third kappa shape index (κ3) is 6.43. The van der Waals surface area contributed by atoms with Crippen LogP contribution in [0.3, 0.4) is 0 Å². The minimum Gasteiger partial charge on any atom is -0.307 e. The lowest BCUT2D eigenvalue weighted by molar-refractivity contribution is 0.657. The van der Waals surface area contributed by atoms with Gasteiger partial charge in [0.2, 0.25) is 5.95 Å². The van der Waals surface area contributed by atoms with Gasteiger partial charge in [-0.3, -0.25) is 4.57 Å². The summed E-state index contributed by atoms with van der Waals surface area (Å²) in [4.78, 5) is 16.1. The van der Waals surface area contributed by atoms with E-state index in [1.807, 2.05) is 24.3 Å². The van der Waals surface area contributed by atoms with Crippen molar-refractivity contribution in [2.45, 2.75) is 19.3 Å². The molecule has 5 heteroatoms. The predicted molar refractivity (Wildman–Crippen MR) is 293 cm³/mol. The van der Waals surface area contributed by atoms with Crippen LogP contribution in [-0.2, 0) is 5.41 Å². The zero-order valence-electron chi connectivity index (χ0n) is 39.3. The van der Waals surface area contributed by atoms with Crippen molar-refractivity contribution in [3.05, 3.63) is 248 Å². The van der Waals surface area contributed by atoms with Crippen molar-refractivity contribution in [2.24, 2.45) is 0 Å². The maximum atomic E-state index is 5.46. The van der Waals surface area contributed by atoms with Crippen molar-refractivity contribution in [3.63, 3.8) is 0 Å². The Bertz CT molecular complexity index is 4210. The Morgan fingerprint density at radius 3 is 1.32 bits per heavy atom. The number of rotatable bonds is 7. The van der Waals surface area contributed by atoms with Gasteiger partial charge in [-0.05, 0) is 79.9 Å². The highest BCUT2D eigenvalue weighted by Crippen LogP contribution is 2.54. The molecule has 5 nitrogen and oxygen atoms in total. The van der Waals surface area contributed by atoms with Crippen molar-refractivity contribution in [2.75, 3.05) is 0 Å². The first-order valence-electron chi connectivity index (χ1n) is 24.4. The summed E-state index contributed by atoms with van der Waals surface area (Å²) in [5, 5.41) is 4.59. The first-order chi connectivity index (χ1) is 35.0. The lowest BCUT2D eigenvalue weighted by Gasteiger charge is -2.26. The van der Waals surface area contributed by atoms with E-state index in [0.717, 1.165) is 71.7 Å². The van der Waals surface area contributed by atoms with Gasteiger partial charge in [0.25, 0.3) is 0 Å². The van der Waals surface area contributed by atoms with Gasteiger partial charge in [-0.2, -0.15) is 9.97 Å². The molecule has 0 atom stereocenters. The van der Waals surface area contributed by atoms with Gasteiger partial charge in [-0.25, -0.2) is 4.98 Å². The van der Waals surface area contributed by atoms with Crippen LogP contribution in [0.4, 0.5) is 0 Å². The highest BCUT2D eigenvalue weighted by atomic mass is 15.2. The molecule has 0 bridgehead atoms. The molecule has 14 rings (SSSR count). The molecule has 1 aliphatic rings. The highest BCUT2D eigenvalue weighted by Gasteiger charge is 2.39. The van der Waals surface area contributed by atoms with Gasteiger partial charge in [0.05, 0.1) is 27.8 Å². The van der Waals surface area contributed by atoms with Crippen LogP contribution in [0, 0.1) is 0 Å². The molecule has 0 unspecified atom stereocenters. The first-order valence-corrected chi connectivity index (χ1v) is 24.4. The lowest BCUT2D eigenvalue weighted by atomic mass is 9.81. The fourth-order valence-electron chi connectivity index (χ4n) is 11.4. The van der Waals surface area contributed by atoms with Crippen molar-refractivity contribution in [1.29, 1.82) is 0 Å². The topological polar surface area (TPSA) is 48.5 Å². The smallest absolute Gasteiger partial charge is 0.238 e. The van der Waals surface area contributed by atoms with E-state index in [9.17, 15) is 0 Å². The largest absolute Gasteiger partial charge is 0.307 e. The van der Waals surface area contributed by atoms with Gasteiger partial charge >= 0.3 is 0 Å². The number of hydrogen-bond donors (Lipinski definition) is 0. The van der Waals surface area contributed by atoms with Crippen LogP contribution in [0.15, 0.2) is 237 Å². The Balaban J connectivity index is 1.08. The molecule has 0 N–H and O–H groups in total. The normalized spacial score (nSPS) is 12.8. The van der Waals surface area contributed by atoms with Gasteiger partial charge in [0.15, 0.2) is 11.6 Å². The molecular formula is C66H45N5. The third-order valence-electron chi connectivity index (χ3n) is 14.8. The maximum absolute atomic E-state index is 5.46. The van der Waals surface area contributed by atoms with Crippen LogP contribution >= 0.6 is 0 Å². The Morgan fingerprint density at radius 2 is 0.746 bits per heavy atom. The van der Waals surface area contributed by atoms with Crippen LogP contribution in [0.5, 0.6) is 0 Å². The van der Waals surface area contributed by atoms with Crippen molar-refractivity contribution >= 4 is 43.6 Å². The fourth-order valence-corrected chi connectivity index (χ4v) is 11.4. The van der Waals surface area contributed by atoms with Gasteiger partial charge in [-0.15, -0.1) is 0 Å². The quantitative estimate of drug-likeness (QED) is 0.160. The summed E-state index contributed by atoms with van der Waals surface area (Å²) in [7, 11) is 0. The van der Waals surface area contributed by atoms with E-state index in [4.69, 9.17) is 15.0 Å². The molecule has 0 spiro atoms. The van der Waals surface area contributed by atoms with E-state index < -0.39 is 0 Å². The molecule has 71 heavy (non-hydrogen) atoms. The van der Waals surface area contributed by atoms with E-state index in [1.54, 1.807) is 0 Å². The number of aromatic nitrogens is 5. The first kappa shape index (κ1) is 40.8. The summed E-state index contributed by atoms with van der Waals surface area (Å²) in [5.74, 6) is 1.77. The number of hydrogen-bond acceptors (Lipinski definition) is 3. The van der Waals surface area contributed by atoms with Crippen LogP contribution < -0.4 is 0 Å². The molecular weight excluding hydrogens is 863 g/mol. The molecule has 1 aliphatic carbocycles. The Morgan fingerprint density at radius 1 is 0.324 bits per heavy atom. The van der Waals surface area contributed by atoms with Gasteiger partial charge < -0.3 is 4.57 Å². The Hall–Kier alpha value is -9.19. The average molecular weight is 908 g/mol. The fraction of sp³-hybridized carbons (Fsp3) is 0.0455. The monoisotopic (exact) mass is 907 g/mol. The van der Waals surface area contributed by atoms with E-state index in [2.05, 4.69) is 235 Å². The molecule has 0 radical (unpaired) electrons. The summed E-state index contributed by atoms with van der Waals surface area (Å²) in [5.41, 5.74) is 19.2. The second-order valence-corrected chi connectivity index (χ2v) is 19.2. The van der Waals surface area contributed by atoms with Crippen LogP contribution in [-0.4, -0.2) is 24.1 Å². The molecule has 0 saturated heterocycles. The van der Waals surface area contributed by atoms with E-state index in [0.29, 0.717) is 17.6 Å². The van der Waals surface area contributed by atoms with Gasteiger partial charge in [0.1, 0.15) is 0 Å². The number of para-hydroxylation sites is 2. The summed E-state index contributed by atoms with van der Waals surface area (Å²) in [6.07, 6.45) is 0. The summed E-state index contributed by atoms with van der Waals surface area (Å²) >= 11 is 0. The highest BCUT2D eigenvalue weighted by molar-refractivity contribution is 6.24. The van der Waals surface area contributed by atoms with Gasteiger partial charge in [0, 0.05) is 38.1 Å². The number of fused-ring (bicyclic) bond motifs is 10. The minimum atomic E-state index is -0.307. The van der Waals surface area contributed by atoms with E-state index in [-0.39, 0.29) is 5.41 Å². The SMILES string of the molecule is CC1(C)c2ccccc2-c2cc(-c3ccc(-c4ccccc4)cc3)cc(-n3c4ccccc4c4ccc5c6ccccc6n(-c6nc(-c7ccccc7)nc(-c7ccc(-c8ccccc8)cc7)n6)c5c43)c21. The maximum Gasteiger partial charge on any atom is 0.238 e. The van der Waals surface area contributed by atoms with E-state index >= 15 is 0 Å². The molecule has 0 saturated carbocycles. The van der Waals surface area contributed by atoms with Crippen LogP contribution in [0.1, 0.15) is 25.0 Å². The molecule has 0 fully saturated rings. The third-order valence-corrected chi connectivity index (χ3v) is 14.8. The second-order valence-electron chi connectivity index (χ2n) is 19.2. The summed E-state index contributed by atoms with van der Waals surface area (Å²) in [6.45, 7) is 4.78. The predicted octanol–water partition coefficient (Wildman–Crippen LogP) is 16.7. The van der Waals surface area contributed by atoms with Crippen LogP contribution in [0.2, 0.25) is 0 Å². The van der Waals surface area contributed by atoms with E-state index in [1.165, 1.54) is 44.3 Å². The molecule has 3 heterocycles. The lowest BCUT2D eigenvalue weighted by Crippen LogP contribution is -2.18. The minimum absolute atomic E-state index is 0.307. The molecule has 0 amide bonds. The molecule has 0 aliphatic heterocycles. The zero-order chi connectivity index (χ0) is 47.2. The van der Waals surface area contributed by atoms with Crippen molar-refractivity contribution < 1.29 is 0 Å². The summed E-state index contributed by atoms with van der Waals surface area (Å²) in [6, 6.07) is 85.0. The number of nitrogens with zero attached hydrogens (tertiary/aromatic N) is 5. The Labute approximate surface area is 411 Å². The standard InChI is InChI=1S/C66H45N5/c1-66(2)56-27-15-12-24-50(56)55-40-49(46-32-30-44(31-33-46)42-18-6-3-7-19-42)41-59(60(55)66)70-57-28-16-13-25-51(57)53-38-39-54-52-26-14-17-29-58(52)71(62(54)61(53)70)65-68-63(47-22-10-5-11-23-47)67-64(69-65)48-36-34-45(35-37-48)43-20-8-4-9-21-43/h3-41H,1-2H3. The molecule has 10 aromatic carbocycles. The van der Waals surface area contributed by atoms with Crippen molar-refractivity contribution in [1.82, 2.24) is 24.1 Å². The van der Waals surface area contributed by atoms with Crippen molar-refractivity contribution in [3.8, 4) is 78.9 Å². The number of benzene rings is 10.